The van der Waals surface area contributed by atoms with Crippen LogP contribution in [0.15, 0.2) is 72.9 Å². The van der Waals surface area contributed by atoms with Crippen LogP contribution >= 0.6 is 23.8 Å². The lowest BCUT2D eigenvalue weighted by Gasteiger charge is -2.41. The number of halogens is 1. The minimum absolute atomic E-state index is 0.0711. The molecular weight excluding hydrogens is 514 g/mol. The minimum Gasteiger partial charge on any atom is -0.365 e. The number of hydrogen-bond donors (Lipinski definition) is 2. The molecule has 0 unspecified atom stereocenters. The minimum atomic E-state index is -0.229. The van der Waals surface area contributed by atoms with Crippen molar-refractivity contribution >= 4 is 51.8 Å². The normalized spacial score (nSPS) is 20.0. The Bertz CT molecular complexity index is 1390. The zero-order valence-electron chi connectivity index (χ0n) is 22.0. The van der Waals surface area contributed by atoms with E-state index >= 15 is 0 Å². The summed E-state index contributed by atoms with van der Waals surface area (Å²) in [7, 11) is 2.10. The summed E-state index contributed by atoms with van der Waals surface area (Å²) >= 11 is 12.8. The molecule has 1 aromatic heterocycles. The number of aromatic nitrogens is 1. The fourth-order valence-corrected chi connectivity index (χ4v) is 5.97. The highest BCUT2D eigenvalue weighted by Gasteiger charge is 2.41. The van der Waals surface area contributed by atoms with Crippen molar-refractivity contribution in [2.45, 2.75) is 44.8 Å². The summed E-state index contributed by atoms with van der Waals surface area (Å²) in [6, 6.07) is 19.1. The van der Waals surface area contributed by atoms with E-state index < -0.39 is 0 Å². The maximum absolute atomic E-state index is 12.8. The van der Waals surface area contributed by atoms with E-state index in [1.54, 1.807) is 6.20 Å². The smallest absolute Gasteiger partial charge is 0.226 e. The third-order valence-corrected chi connectivity index (χ3v) is 8.17. The Kier molecular flexibility index (Phi) is 7.16. The van der Waals surface area contributed by atoms with Crippen molar-refractivity contribution in [1.82, 2.24) is 15.2 Å². The predicted molar refractivity (Wildman–Crippen MR) is 159 cm³/mol. The number of likely N-dealkylation sites (N-methyl/N-ethyl adjacent to an activating group) is 1. The van der Waals surface area contributed by atoms with Gasteiger partial charge in [-0.25, -0.2) is 0 Å². The Morgan fingerprint density at radius 1 is 1.16 bits per heavy atom. The van der Waals surface area contributed by atoms with Crippen molar-refractivity contribution in [3.63, 3.8) is 0 Å². The van der Waals surface area contributed by atoms with E-state index in [1.807, 2.05) is 48.5 Å². The van der Waals surface area contributed by atoms with Crippen LogP contribution in [0.25, 0.3) is 5.57 Å². The summed E-state index contributed by atoms with van der Waals surface area (Å²) < 4.78 is 0. The van der Waals surface area contributed by atoms with Gasteiger partial charge in [0.15, 0.2) is 5.11 Å². The zero-order valence-corrected chi connectivity index (χ0v) is 23.6. The number of anilines is 2. The molecule has 0 bridgehead atoms. The molecule has 2 aromatic carbocycles. The summed E-state index contributed by atoms with van der Waals surface area (Å²) in [6.45, 7) is 6.97. The van der Waals surface area contributed by atoms with Gasteiger partial charge in [0.1, 0.15) is 0 Å². The van der Waals surface area contributed by atoms with Gasteiger partial charge in [0.25, 0.3) is 0 Å². The number of rotatable bonds is 6. The highest BCUT2D eigenvalue weighted by molar-refractivity contribution is 7.80. The van der Waals surface area contributed by atoms with E-state index in [-0.39, 0.29) is 30.0 Å². The van der Waals surface area contributed by atoms with Crippen LogP contribution in [0, 0.1) is 0 Å². The number of allylic oxidation sites excluding steroid dienone is 1. The Morgan fingerprint density at radius 3 is 2.61 bits per heavy atom. The van der Waals surface area contributed by atoms with Crippen LogP contribution < -0.4 is 15.5 Å². The number of hydrogen-bond acceptors (Lipinski definition) is 4. The average molecular weight is 546 g/mol. The van der Waals surface area contributed by atoms with Crippen LogP contribution in [0.4, 0.5) is 11.4 Å². The van der Waals surface area contributed by atoms with Crippen molar-refractivity contribution in [3.05, 3.63) is 94.8 Å². The summed E-state index contributed by atoms with van der Waals surface area (Å²) in [5.74, 6) is -0.0711. The van der Waals surface area contributed by atoms with Crippen LogP contribution in [0.3, 0.4) is 0 Å². The molecule has 6 nitrogen and oxygen atoms in total. The molecule has 2 aliphatic heterocycles. The summed E-state index contributed by atoms with van der Waals surface area (Å²) in [5, 5.41) is 7.68. The quantitative estimate of drug-likeness (QED) is 0.351. The number of benzene rings is 2. The number of thiocarbonyl (C=S) groups is 1. The Balaban J connectivity index is 1.50. The first-order valence-electron chi connectivity index (χ1n) is 12.8. The first-order chi connectivity index (χ1) is 18.2. The molecule has 3 heterocycles. The number of para-hydroxylation sites is 1. The maximum atomic E-state index is 12.8. The number of carbonyl (C=O) groups excluding carboxylic acids is 1. The second-order valence-corrected chi connectivity index (χ2v) is 11.2. The van der Waals surface area contributed by atoms with Crippen molar-refractivity contribution in [2.75, 3.05) is 23.8 Å². The van der Waals surface area contributed by atoms with Gasteiger partial charge in [-0.3, -0.25) is 9.78 Å². The molecule has 1 amide bonds. The molecule has 0 saturated carbocycles. The highest BCUT2D eigenvalue weighted by Crippen LogP contribution is 2.46. The second kappa shape index (κ2) is 10.4. The highest BCUT2D eigenvalue weighted by atomic mass is 35.5. The number of pyridine rings is 1. The van der Waals surface area contributed by atoms with Crippen LogP contribution in [-0.2, 0) is 4.79 Å². The average Bonchev–Trinajstić information content (AvgIpc) is 3.22. The van der Waals surface area contributed by atoms with E-state index in [1.165, 1.54) is 5.57 Å². The number of fused-ring (bicyclic) bond motifs is 1. The molecule has 38 heavy (non-hydrogen) atoms. The van der Waals surface area contributed by atoms with Gasteiger partial charge in [-0.2, -0.15) is 0 Å². The van der Waals surface area contributed by atoms with Gasteiger partial charge in [-0.15, -0.1) is 0 Å². The van der Waals surface area contributed by atoms with Gasteiger partial charge in [0.2, 0.25) is 5.91 Å². The van der Waals surface area contributed by atoms with Gasteiger partial charge >= 0.3 is 0 Å². The largest absolute Gasteiger partial charge is 0.365 e. The molecule has 1 saturated heterocycles. The lowest BCUT2D eigenvalue weighted by Crippen LogP contribution is -2.42. The SMILES string of the molecule is CC1=CC(C)(C)N(C)c2cc(Cl)c([C@H]3[C@H](c4ccccn4)NC(=S)N3CCC(=O)Nc3ccccc3)cc21. The maximum Gasteiger partial charge on any atom is 0.226 e. The van der Waals surface area contributed by atoms with E-state index in [4.69, 9.17) is 23.8 Å². The number of nitrogens with one attached hydrogen (secondary N) is 2. The standard InChI is InChI=1S/C30H32ClN5OS/c1-19-18-30(2,3)35(4)25-17-23(31)22(16-21(19)25)28-27(24-12-8-9-14-32-24)34-29(38)36(28)15-13-26(37)33-20-10-6-5-7-11-20/h5-12,14,16-18,27-28H,13,15H2,1-4H3,(H,33,37)(H,34,38)/t27-,28-/m0/s1. The van der Waals surface area contributed by atoms with E-state index in [9.17, 15) is 4.79 Å². The molecule has 0 radical (unpaired) electrons. The predicted octanol–water partition coefficient (Wildman–Crippen LogP) is 6.37. The third-order valence-electron chi connectivity index (χ3n) is 7.49. The van der Waals surface area contributed by atoms with E-state index in [2.05, 4.69) is 71.4 Å². The Labute approximate surface area is 234 Å². The summed E-state index contributed by atoms with van der Waals surface area (Å²) in [5.41, 5.74) is 5.93. The molecule has 2 N–H and O–H groups in total. The van der Waals surface area contributed by atoms with Crippen molar-refractivity contribution in [1.29, 1.82) is 0 Å². The van der Waals surface area contributed by atoms with E-state index in [0.717, 1.165) is 28.2 Å². The molecule has 5 rings (SSSR count). The van der Waals surface area contributed by atoms with Crippen molar-refractivity contribution in [3.8, 4) is 0 Å². The van der Waals surface area contributed by atoms with Crippen LogP contribution in [-0.4, -0.2) is 40.0 Å². The molecule has 2 aliphatic rings. The third kappa shape index (κ3) is 5.00. The molecular formula is C30H32ClN5OS. The van der Waals surface area contributed by atoms with Crippen molar-refractivity contribution < 1.29 is 4.79 Å². The van der Waals surface area contributed by atoms with Gasteiger partial charge in [0, 0.05) is 48.2 Å². The number of carbonyl (C=O) groups is 1. The van der Waals surface area contributed by atoms with Gasteiger partial charge in [0.05, 0.1) is 23.3 Å². The lowest BCUT2D eigenvalue weighted by molar-refractivity contribution is -0.116. The van der Waals surface area contributed by atoms with E-state index in [0.29, 0.717) is 16.7 Å². The lowest BCUT2D eigenvalue weighted by atomic mass is 9.86. The zero-order chi connectivity index (χ0) is 27.0. The number of amides is 1. The Hall–Kier alpha value is -3.42. The monoisotopic (exact) mass is 545 g/mol. The van der Waals surface area contributed by atoms with Crippen LogP contribution in [0.2, 0.25) is 5.02 Å². The van der Waals surface area contributed by atoms with Gasteiger partial charge in [-0.05, 0) is 80.5 Å². The molecule has 8 heteroatoms. The molecule has 0 aliphatic carbocycles. The van der Waals surface area contributed by atoms with Crippen molar-refractivity contribution in [2.24, 2.45) is 0 Å². The Morgan fingerprint density at radius 2 is 1.89 bits per heavy atom. The first kappa shape index (κ1) is 26.2. The molecule has 2 atom stereocenters. The molecule has 1 fully saturated rings. The fraction of sp³-hybridized carbons (Fsp3) is 0.300. The summed E-state index contributed by atoms with van der Waals surface area (Å²) in [4.78, 5) is 21.8. The van der Waals surface area contributed by atoms with Gasteiger partial charge < -0.3 is 20.4 Å². The summed E-state index contributed by atoms with van der Waals surface area (Å²) in [6.07, 6.45) is 4.35. The number of nitrogens with zero attached hydrogens (tertiary/aromatic N) is 3. The molecule has 3 aromatic rings. The molecule has 196 valence electrons. The topological polar surface area (TPSA) is 60.5 Å². The van der Waals surface area contributed by atoms with Crippen LogP contribution in [0.1, 0.15) is 56.1 Å². The molecule has 0 spiro atoms. The van der Waals surface area contributed by atoms with Gasteiger partial charge in [-0.1, -0.05) is 41.9 Å². The first-order valence-corrected chi connectivity index (χ1v) is 13.5. The second-order valence-electron chi connectivity index (χ2n) is 10.4. The fourth-order valence-electron chi connectivity index (χ4n) is 5.37. The van der Waals surface area contributed by atoms with Crippen LogP contribution in [0.5, 0.6) is 0 Å².